The first kappa shape index (κ1) is 13.5. The Morgan fingerprint density at radius 1 is 1.17 bits per heavy atom. The summed E-state index contributed by atoms with van der Waals surface area (Å²) in [6.45, 7) is 0. The second kappa shape index (κ2) is 6.30. The fourth-order valence-corrected chi connectivity index (χ4v) is 2.82. The zero-order valence-corrected chi connectivity index (χ0v) is 10.6. The molecule has 0 amide bonds. The van der Waals surface area contributed by atoms with Crippen LogP contribution < -0.4 is 0 Å². The molecule has 0 bridgehead atoms. The van der Waals surface area contributed by atoms with Crippen LogP contribution in [0.2, 0.25) is 0 Å². The molecular formula is C15H21FO2. The molecule has 2 atom stereocenters. The van der Waals surface area contributed by atoms with Crippen molar-refractivity contribution in [3.8, 4) is 0 Å². The van der Waals surface area contributed by atoms with Crippen molar-refractivity contribution in [2.24, 2.45) is 5.92 Å². The molecule has 0 aliphatic heterocycles. The third-order valence-electron chi connectivity index (χ3n) is 3.86. The lowest BCUT2D eigenvalue weighted by Crippen LogP contribution is -2.36. The Bertz CT molecular complexity index is 375. The van der Waals surface area contributed by atoms with E-state index in [1.165, 1.54) is 18.6 Å². The Kier molecular flexibility index (Phi) is 4.72. The Hall–Kier alpha value is -0.930. The molecule has 0 saturated heterocycles. The molecule has 2 nitrogen and oxygen atoms in total. The normalized spacial score (nSPS) is 20.6. The highest BCUT2D eigenvalue weighted by atomic mass is 19.1. The SMILES string of the molecule is OC(Cc1cccc(F)c1)C(O)C1CCCCC1. The minimum atomic E-state index is -0.796. The van der Waals surface area contributed by atoms with Crippen LogP contribution in [-0.4, -0.2) is 22.4 Å². The molecule has 0 radical (unpaired) electrons. The molecule has 1 aliphatic carbocycles. The minimum absolute atomic E-state index is 0.197. The van der Waals surface area contributed by atoms with Crippen molar-refractivity contribution in [2.45, 2.75) is 50.7 Å². The van der Waals surface area contributed by atoms with Crippen LogP contribution in [0.15, 0.2) is 24.3 Å². The number of hydrogen-bond donors (Lipinski definition) is 2. The van der Waals surface area contributed by atoms with Crippen LogP contribution in [0.1, 0.15) is 37.7 Å². The van der Waals surface area contributed by atoms with Gasteiger partial charge < -0.3 is 10.2 Å². The molecule has 1 fully saturated rings. The van der Waals surface area contributed by atoms with Crippen LogP contribution in [-0.2, 0) is 6.42 Å². The van der Waals surface area contributed by atoms with Crippen LogP contribution in [0.4, 0.5) is 4.39 Å². The van der Waals surface area contributed by atoms with E-state index >= 15 is 0 Å². The topological polar surface area (TPSA) is 40.5 Å². The third-order valence-corrected chi connectivity index (χ3v) is 3.86. The number of rotatable bonds is 4. The minimum Gasteiger partial charge on any atom is -0.390 e. The summed E-state index contributed by atoms with van der Waals surface area (Å²) in [6, 6.07) is 6.20. The first-order valence-corrected chi connectivity index (χ1v) is 6.77. The van der Waals surface area contributed by atoms with Crippen molar-refractivity contribution in [3.63, 3.8) is 0 Å². The fraction of sp³-hybridized carbons (Fsp3) is 0.600. The van der Waals surface area contributed by atoms with Crippen LogP contribution in [0.25, 0.3) is 0 Å². The van der Waals surface area contributed by atoms with Gasteiger partial charge in [0.2, 0.25) is 0 Å². The van der Waals surface area contributed by atoms with E-state index < -0.39 is 12.2 Å². The summed E-state index contributed by atoms with van der Waals surface area (Å²) < 4.78 is 13.0. The van der Waals surface area contributed by atoms with Gasteiger partial charge in [0, 0.05) is 6.42 Å². The molecule has 1 aromatic rings. The zero-order valence-electron chi connectivity index (χ0n) is 10.6. The molecule has 0 aromatic heterocycles. The first-order valence-electron chi connectivity index (χ1n) is 6.77. The van der Waals surface area contributed by atoms with E-state index in [0.717, 1.165) is 31.2 Å². The molecule has 2 N–H and O–H groups in total. The maximum absolute atomic E-state index is 13.0. The molecule has 1 aliphatic rings. The summed E-state index contributed by atoms with van der Waals surface area (Å²) in [6.07, 6.45) is 4.30. The summed E-state index contributed by atoms with van der Waals surface area (Å²) in [5.74, 6) is -0.103. The van der Waals surface area contributed by atoms with Crippen molar-refractivity contribution < 1.29 is 14.6 Å². The van der Waals surface area contributed by atoms with E-state index in [4.69, 9.17) is 0 Å². The highest BCUT2D eigenvalue weighted by Gasteiger charge is 2.27. The molecular weight excluding hydrogens is 231 g/mol. The van der Waals surface area contributed by atoms with E-state index in [1.54, 1.807) is 12.1 Å². The summed E-state index contributed by atoms with van der Waals surface area (Å²) in [5.41, 5.74) is 0.734. The van der Waals surface area contributed by atoms with Crippen LogP contribution in [0.5, 0.6) is 0 Å². The Morgan fingerprint density at radius 3 is 2.56 bits per heavy atom. The molecule has 0 spiro atoms. The van der Waals surface area contributed by atoms with Crippen LogP contribution in [0.3, 0.4) is 0 Å². The predicted octanol–water partition coefficient (Wildman–Crippen LogP) is 2.67. The second-order valence-corrected chi connectivity index (χ2v) is 5.29. The maximum atomic E-state index is 13.0. The van der Waals surface area contributed by atoms with Gasteiger partial charge in [-0.15, -0.1) is 0 Å². The fourth-order valence-electron chi connectivity index (χ4n) is 2.82. The Morgan fingerprint density at radius 2 is 1.89 bits per heavy atom. The summed E-state index contributed by atoms with van der Waals surface area (Å²) in [5, 5.41) is 20.2. The molecule has 2 rings (SSSR count). The highest BCUT2D eigenvalue weighted by Crippen LogP contribution is 2.28. The molecule has 0 heterocycles. The largest absolute Gasteiger partial charge is 0.390 e. The highest BCUT2D eigenvalue weighted by molar-refractivity contribution is 5.17. The van der Waals surface area contributed by atoms with Crippen molar-refractivity contribution in [3.05, 3.63) is 35.6 Å². The standard InChI is InChI=1S/C15H21FO2/c16-13-8-4-5-11(9-13)10-14(17)15(18)12-6-2-1-3-7-12/h4-5,8-9,12,14-15,17-18H,1-3,6-7,10H2. The maximum Gasteiger partial charge on any atom is 0.123 e. The van der Waals surface area contributed by atoms with Crippen LogP contribution in [0, 0.1) is 11.7 Å². The lowest BCUT2D eigenvalue weighted by atomic mass is 9.82. The summed E-state index contributed by atoms with van der Waals surface area (Å²) in [7, 11) is 0. The number of aliphatic hydroxyl groups excluding tert-OH is 2. The van der Waals surface area contributed by atoms with E-state index in [9.17, 15) is 14.6 Å². The smallest absolute Gasteiger partial charge is 0.123 e. The zero-order chi connectivity index (χ0) is 13.0. The second-order valence-electron chi connectivity index (χ2n) is 5.29. The molecule has 1 aromatic carbocycles. The molecule has 2 unspecified atom stereocenters. The monoisotopic (exact) mass is 252 g/mol. The van der Waals surface area contributed by atoms with Gasteiger partial charge in [-0.2, -0.15) is 0 Å². The molecule has 18 heavy (non-hydrogen) atoms. The van der Waals surface area contributed by atoms with Crippen LogP contribution >= 0.6 is 0 Å². The quantitative estimate of drug-likeness (QED) is 0.865. The predicted molar refractivity (Wildman–Crippen MR) is 68.7 cm³/mol. The molecule has 1 saturated carbocycles. The van der Waals surface area contributed by atoms with Crippen molar-refractivity contribution in [1.29, 1.82) is 0 Å². The van der Waals surface area contributed by atoms with E-state index in [2.05, 4.69) is 0 Å². The summed E-state index contributed by atoms with van der Waals surface area (Å²) in [4.78, 5) is 0. The average molecular weight is 252 g/mol. The van der Waals surface area contributed by atoms with Crippen molar-refractivity contribution in [1.82, 2.24) is 0 Å². The van der Waals surface area contributed by atoms with Gasteiger partial charge >= 0.3 is 0 Å². The third kappa shape index (κ3) is 3.53. The lowest BCUT2D eigenvalue weighted by molar-refractivity contribution is -0.0263. The lowest BCUT2D eigenvalue weighted by Gasteiger charge is -2.29. The first-order chi connectivity index (χ1) is 8.66. The van der Waals surface area contributed by atoms with Crippen molar-refractivity contribution in [2.75, 3.05) is 0 Å². The number of hydrogen-bond acceptors (Lipinski definition) is 2. The van der Waals surface area contributed by atoms with Gasteiger partial charge in [0.05, 0.1) is 12.2 Å². The molecule has 3 heteroatoms. The Balaban J connectivity index is 1.92. The van der Waals surface area contributed by atoms with Gasteiger partial charge in [0.15, 0.2) is 0 Å². The number of aliphatic hydroxyl groups is 2. The van der Waals surface area contributed by atoms with E-state index in [1.807, 2.05) is 0 Å². The van der Waals surface area contributed by atoms with Gasteiger partial charge in [-0.1, -0.05) is 31.4 Å². The van der Waals surface area contributed by atoms with E-state index in [-0.39, 0.29) is 11.7 Å². The summed E-state index contributed by atoms with van der Waals surface area (Å²) >= 11 is 0. The van der Waals surface area contributed by atoms with Crippen molar-refractivity contribution >= 4 is 0 Å². The number of halogens is 1. The average Bonchev–Trinajstić information content (AvgIpc) is 2.39. The van der Waals surface area contributed by atoms with Gasteiger partial charge in [0.25, 0.3) is 0 Å². The van der Waals surface area contributed by atoms with Gasteiger partial charge in [0.1, 0.15) is 5.82 Å². The van der Waals surface area contributed by atoms with Gasteiger partial charge in [-0.3, -0.25) is 0 Å². The van der Waals surface area contributed by atoms with E-state index in [0.29, 0.717) is 6.42 Å². The number of benzene rings is 1. The Labute approximate surface area is 107 Å². The molecule has 100 valence electrons. The van der Waals surface area contributed by atoms with Gasteiger partial charge in [-0.25, -0.2) is 4.39 Å². The van der Waals surface area contributed by atoms with Gasteiger partial charge in [-0.05, 0) is 36.5 Å².